The van der Waals surface area contributed by atoms with Gasteiger partial charge in [0.15, 0.2) is 0 Å². The van der Waals surface area contributed by atoms with Crippen LogP contribution in [0.2, 0.25) is 0 Å². The van der Waals surface area contributed by atoms with Gasteiger partial charge in [-0.05, 0) is 12.5 Å². The van der Waals surface area contributed by atoms with Crippen LogP contribution in [0.4, 0.5) is 0 Å². The molecule has 0 unspecified atom stereocenters. The molecule has 0 radical (unpaired) electrons. The summed E-state index contributed by atoms with van der Waals surface area (Å²) in [5.74, 6) is 0.286. The maximum absolute atomic E-state index is 11.2. The van der Waals surface area contributed by atoms with Crippen LogP contribution >= 0.6 is 0 Å². The third-order valence-electron chi connectivity index (χ3n) is 2.59. The highest BCUT2D eigenvalue weighted by Gasteiger charge is 2.27. The lowest BCUT2D eigenvalue weighted by Crippen LogP contribution is -2.29. The van der Waals surface area contributed by atoms with Crippen molar-refractivity contribution in [1.29, 1.82) is 0 Å². The van der Waals surface area contributed by atoms with Crippen LogP contribution < -0.4 is 0 Å². The summed E-state index contributed by atoms with van der Waals surface area (Å²) in [6, 6.07) is 9.86. The minimum Gasteiger partial charge on any atom is -0.458 e. The smallest absolute Gasteiger partial charge is 0.337 e. The van der Waals surface area contributed by atoms with Crippen LogP contribution in [0.1, 0.15) is 25.3 Å². The van der Waals surface area contributed by atoms with Gasteiger partial charge in [0, 0.05) is 0 Å². The Kier molecular flexibility index (Phi) is 2.95. The molecule has 1 aromatic carbocycles. The van der Waals surface area contributed by atoms with Crippen molar-refractivity contribution in [2.45, 2.75) is 26.1 Å². The molecular weight excluding hydrogens is 204 g/mol. The molecular formula is C13H14O3. The van der Waals surface area contributed by atoms with Crippen LogP contribution in [0.15, 0.2) is 42.2 Å². The molecule has 0 aliphatic carbocycles. The van der Waals surface area contributed by atoms with Gasteiger partial charge in [-0.25, -0.2) is 4.79 Å². The van der Waals surface area contributed by atoms with Gasteiger partial charge in [-0.3, -0.25) is 0 Å². The van der Waals surface area contributed by atoms with E-state index in [1.807, 2.05) is 37.3 Å². The van der Waals surface area contributed by atoms with E-state index in [9.17, 15) is 4.79 Å². The number of hydrogen-bond acceptors (Lipinski definition) is 3. The van der Waals surface area contributed by atoms with Crippen molar-refractivity contribution in [3.63, 3.8) is 0 Å². The Balaban J connectivity index is 2.15. The highest BCUT2D eigenvalue weighted by molar-refractivity contribution is 5.83. The van der Waals surface area contributed by atoms with E-state index in [0.29, 0.717) is 5.76 Å². The average molecular weight is 218 g/mol. The van der Waals surface area contributed by atoms with Gasteiger partial charge in [0.05, 0.1) is 12.0 Å². The summed E-state index contributed by atoms with van der Waals surface area (Å²) in [5, 5.41) is 0. The molecule has 16 heavy (non-hydrogen) atoms. The van der Waals surface area contributed by atoms with E-state index < -0.39 is 6.29 Å². The molecule has 0 N–H and O–H groups in total. The van der Waals surface area contributed by atoms with Crippen molar-refractivity contribution in [1.82, 2.24) is 0 Å². The summed E-state index contributed by atoms with van der Waals surface area (Å²) < 4.78 is 10.6. The molecule has 0 aromatic heterocycles. The van der Waals surface area contributed by atoms with E-state index in [4.69, 9.17) is 9.47 Å². The molecule has 1 aromatic rings. The first-order valence-corrected chi connectivity index (χ1v) is 5.27. The highest BCUT2D eigenvalue weighted by Crippen LogP contribution is 2.26. The maximum Gasteiger partial charge on any atom is 0.337 e. The second kappa shape index (κ2) is 4.39. The number of benzene rings is 1. The van der Waals surface area contributed by atoms with Crippen LogP contribution in [-0.2, 0) is 14.3 Å². The number of allylic oxidation sites excluding steroid dienone is 1. The lowest BCUT2D eigenvalue weighted by atomic mass is 10.0. The van der Waals surface area contributed by atoms with Gasteiger partial charge >= 0.3 is 5.97 Å². The summed E-state index contributed by atoms with van der Waals surface area (Å²) in [7, 11) is 0. The van der Waals surface area contributed by atoms with Crippen LogP contribution in [0.5, 0.6) is 0 Å². The molecule has 1 heterocycles. The van der Waals surface area contributed by atoms with Crippen LogP contribution in [0.25, 0.3) is 0 Å². The summed E-state index contributed by atoms with van der Waals surface area (Å²) in [5.41, 5.74) is 1.09. The molecule has 0 spiro atoms. The van der Waals surface area contributed by atoms with E-state index in [1.54, 1.807) is 6.92 Å². The predicted molar refractivity (Wildman–Crippen MR) is 59.6 cm³/mol. The monoisotopic (exact) mass is 218 g/mol. The summed E-state index contributed by atoms with van der Waals surface area (Å²) in [6.45, 7) is 3.73. The molecule has 0 amide bonds. The number of cyclic esters (lactones) is 1. The predicted octanol–water partition coefficient (Wildman–Crippen LogP) is 2.59. The van der Waals surface area contributed by atoms with Crippen LogP contribution in [0.3, 0.4) is 0 Å². The topological polar surface area (TPSA) is 35.5 Å². The zero-order valence-corrected chi connectivity index (χ0v) is 9.34. The van der Waals surface area contributed by atoms with Crippen molar-refractivity contribution in [3.8, 4) is 0 Å². The molecule has 1 aliphatic heterocycles. The maximum atomic E-state index is 11.2. The van der Waals surface area contributed by atoms with Crippen molar-refractivity contribution >= 4 is 5.97 Å². The molecule has 3 heteroatoms. The Morgan fingerprint density at radius 3 is 2.50 bits per heavy atom. The molecule has 1 aliphatic rings. The van der Waals surface area contributed by atoms with Crippen molar-refractivity contribution < 1.29 is 14.3 Å². The quantitative estimate of drug-likeness (QED) is 0.716. The molecule has 2 rings (SSSR count). The van der Waals surface area contributed by atoms with Gasteiger partial charge in [0.2, 0.25) is 0 Å². The summed E-state index contributed by atoms with van der Waals surface area (Å²) >= 11 is 0. The van der Waals surface area contributed by atoms with E-state index in [1.165, 1.54) is 6.08 Å². The number of ether oxygens (including phenoxy) is 2. The number of hydrogen-bond donors (Lipinski definition) is 0. The molecule has 0 saturated heterocycles. The Morgan fingerprint density at radius 1 is 1.19 bits per heavy atom. The third-order valence-corrected chi connectivity index (χ3v) is 2.59. The summed E-state index contributed by atoms with van der Waals surface area (Å²) in [4.78, 5) is 11.2. The lowest BCUT2D eigenvalue weighted by Gasteiger charge is -2.27. The van der Waals surface area contributed by atoms with Crippen molar-refractivity contribution in [2.75, 3.05) is 0 Å². The number of esters is 1. The Morgan fingerprint density at radius 2 is 1.88 bits per heavy atom. The van der Waals surface area contributed by atoms with Gasteiger partial charge in [-0.2, -0.15) is 0 Å². The number of rotatable bonds is 2. The molecule has 84 valence electrons. The first-order chi connectivity index (χ1) is 7.66. The van der Waals surface area contributed by atoms with Gasteiger partial charge in [0.1, 0.15) is 5.76 Å². The van der Waals surface area contributed by atoms with E-state index in [-0.39, 0.29) is 11.9 Å². The molecule has 3 nitrogen and oxygen atoms in total. The van der Waals surface area contributed by atoms with Gasteiger partial charge < -0.3 is 9.47 Å². The van der Waals surface area contributed by atoms with Crippen LogP contribution in [-0.4, -0.2) is 12.3 Å². The lowest BCUT2D eigenvalue weighted by molar-refractivity contribution is -0.175. The second-order valence-corrected chi connectivity index (χ2v) is 3.88. The average Bonchev–Trinajstić information content (AvgIpc) is 2.28. The minimum atomic E-state index is -0.528. The van der Waals surface area contributed by atoms with E-state index >= 15 is 0 Å². The SMILES string of the molecule is CC1=CC(=O)O[C@H]([C@H](C)c2ccccc2)O1. The van der Waals surface area contributed by atoms with E-state index in [0.717, 1.165) is 5.56 Å². The third kappa shape index (κ3) is 2.24. The highest BCUT2D eigenvalue weighted by atomic mass is 16.7. The molecule has 0 bridgehead atoms. The van der Waals surface area contributed by atoms with Gasteiger partial charge in [-0.1, -0.05) is 37.3 Å². The van der Waals surface area contributed by atoms with Gasteiger partial charge in [0.25, 0.3) is 6.29 Å². The Labute approximate surface area is 94.7 Å². The van der Waals surface area contributed by atoms with Crippen molar-refractivity contribution in [2.24, 2.45) is 0 Å². The van der Waals surface area contributed by atoms with E-state index in [2.05, 4.69) is 0 Å². The second-order valence-electron chi connectivity index (χ2n) is 3.88. The molecule has 0 saturated carbocycles. The Hall–Kier alpha value is -1.77. The molecule has 2 atom stereocenters. The fourth-order valence-electron chi connectivity index (χ4n) is 1.67. The zero-order valence-electron chi connectivity index (χ0n) is 9.34. The molecule has 0 fully saturated rings. The number of carbonyl (C=O) groups excluding carboxylic acids is 1. The first-order valence-electron chi connectivity index (χ1n) is 5.27. The van der Waals surface area contributed by atoms with Crippen LogP contribution in [0, 0.1) is 0 Å². The van der Waals surface area contributed by atoms with Crippen molar-refractivity contribution in [3.05, 3.63) is 47.7 Å². The van der Waals surface area contributed by atoms with Gasteiger partial charge in [-0.15, -0.1) is 0 Å². The standard InChI is InChI=1S/C13H14O3/c1-9-8-12(14)16-13(15-9)10(2)11-6-4-3-5-7-11/h3-8,10,13H,1-2H3/t10-,13-/m1/s1. The fourth-order valence-corrected chi connectivity index (χ4v) is 1.67. The Bertz CT molecular complexity index is 408. The zero-order chi connectivity index (χ0) is 11.5. The fraction of sp³-hybridized carbons (Fsp3) is 0.308. The normalized spacial score (nSPS) is 21.8. The number of carbonyl (C=O) groups is 1. The largest absolute Gasteiger partial charge is 0.458 e. The minimum absolute atomic E-state index is 0.0220. The summed E-state index contributed by atoms with van der Waals surface area (Å²) in [6.07, 6.45) is 0.827. The first kappa shape index (κ1) is 10.7.